The Hall–Kier alpha value is -3.03. The van der Waals surface area contributed by atoms with Crippen LogP contribution in [0.3, 0.4) is 0 Å². The number of hydrogen-bond acceptors (Lipinski definition) is 5. The van der Waals surface area contributed by atoms with Crippen molar-refractivity contribution in [1.82, 2.24) is 14.8 Å². The first-order valence-corrected chi connectivity index (χ1v) is 8.78. The van der Waals surface area contributed by atoms with Gasteiger partial charge in [0.1, 0.15) is 0 Å². The van der Waals surface area contributed by atoms with Gasteiger partial charge in [-0.25, -0.2) is 14.7 Å². The lowest BCUT2D eigenvalue weighted by Gasteiger charge is -2.11. The third kappa shape index (κ3) is 3.11. The molecule has 1 aliphatic heterocycles. The van der Waals surface area contributed by atoms with Crippen LogP contribution in [0, 0.1) is 0 Å². The second-order valence-corrected chi connectivity index (χ2v) is 6.32. The minimum atomic E-state index is -0.739. The Morgan fingerprint density at radius 2 is 2.04 bits per heavy atom. The molecule has 3 aromatic rings. The smallest absolute Gasteiger partial charge is 0.288 e. The Balaban J connectivity index is 2.02. The van der Waals surface area contributed by atoms with Crippen LogP contribution in [-0.4, -0.2) is 33.0 Å². The van der Waals surface area contributed by atoms with Crippen molar-refractivity contribution in [3.8, 4) is 5.69 Å². The van der Waals surface area contributed by atoms with Crippen molar-refractivity contribution in [1.29, 1.82) is 0 Å². The molecule has 0 spiro atoms. The molecular formula is C19H16ClN5O2. The highest BCUT2D eigenvalue weighted by Crippen LogP contribution is 2.31. The van der Waals surface area contributed by atoms with E-state index in [4.69, 9.17) is 27.1 Å². The fraction of sp³-hybridized carbons (Fsp3) is 0.158. The Kier molecular flexibility index (Phi) is 4.47. The molecule has 0 bridgehead atoms. The highest BCUT2D eigenvalue weighted by atomic mass is 35.5. The van der Waals surface area contributed by atoms with E-state index in [0.717, 1.165) is 11.1 Å². The summed E-state index contributed by atoms with van der Waals surface area (Å²) in [4.78, 5) is 20.7. The van der Waals surface area contributed by atoms with Crippen LogP contribution in [0.15, 0.2) is 53.5 Å². The van der Waals surface area contributed by atoms with Crippen LogP contribution >= 0.6 is 11.6 Å². The second kappa shape index (κ2) is 6.94. The van der Waals surface area contributed by atoms with E-state index >= 15 is 0 Å². The van der Waals surface area contributed by atoms with Gasteiger partial charge in [-0.3, -0.25) is 4.79 Å². The zero-order valence-electron chi connectivity index (χ0n) is 14.5. The Morgan fingerprint density at radius 1 is 1.26 bits per heavy atom. The number of benzene rings is 2. The molecule has 7 nitrogen and oxygen atoms in total. The average Bonchev–Trinajstić information content (AvgIpc) is 3.07. The van der Waals surface area contributed by atoms with Gasteiger partial charge in [0.25, 0.3) is 5.91 Å². The number of primary amides is 1. The van der Waals surface area contributed by atoms with Crippen molar-refractivity contribution < 1.29 is 9.53 Å². The van der Waals surface area contributed by atoms with Gasteiger partial charge in [-0.15, -0.1) is 5.10 Å². The molecule has 0 saturated carbocycles. The SMILES string of the molecule is CCOC1N=C(c2ccccc2)c2cc(Cl)ccc2-n2nc(C(N)=O)nc21. The average molecular weight is 382 g/mol. The fourth-order valence-electron chi connectivity index (χ4n) is 2.99. The number of rotatable bonds is 4. The molecule has 2 heterocycles. The third-order valence-corrected chi connectivity index (χ3v) is 4.37. The van der Waals surface area contributed by atoms with Crippen molar-refractivity contribution in [2.24, 2.45) is 10.7 Å². The van der Waals surface area contributed by atoms with Gasteiger partial charge in [0.05, 0.1) is 11.4 Å². The van der Waals surface area contributed by atoms with Crippen LogP contribution in [0.2, 0.25) is 5.02 Å². The number of hydrogen-bond donors (Lipinski definition) is 1. The molecule has 1 unspecified atom stereocenters. The lowest BCUT2D eigenvalue weighted by Crippen LogP contribution is -2.14. The standard InChI is InChI=1S/C19H16ClN5O2/c1-2-27-19-18-23-17(16(21)26)24-25(18)14-9-8-12(20)10-13(14)15(22-19)11-6-4-3-5-7-11/h3-10,19H,2H2,1H3,(H2,21,26). The van der Waals surface area contributed by atoms with Crippen molar-refractivity contribution in [2.75, 3.05) is 6.61 Å². The van der Waals surface area contributed by atoms with E-state index in [0.29, 0.717) is 28.9 Å². The molecule has 27 heavy (non-hydrogen) atoms. The molecule has 0 aliphatic carbocycles. The second-order valence-electron chi connectivity index (χ2n) is 5.88. The lowest BCUT2D eigenvalue weighted by molar-refractivity contribution is 0.0619. The molecule has 4 rings (SSSR count). The molecule has 1 aromatic heterocycles. The van der Waals surface area contributed by atoms with Gasteiger partial charge in [0.2, 0.25) is 12.1 Å². The predicted molar refractivity (Wildman–Crippen MR) is 101 cm³/mol. The molecule has 0 fully saturated rings. The van der Waals surface area contributed by atoms with Crippen LogP contribution in [0.4, 0.5) is 0 Å². The summed E-state index contributed by atoms with van der Waals surface area (Å²) in [6, 6.07) is 15.1. The third-order valence-electron chi connectivity index (χ3n) is 4.13. The van der Waals surface area contributed by atoms with Crippen molar-refractivity contribution >= 4 is 23.2 Å². The first kappa shape index (κ1) is 17.4. The Morgan fingerprint density at radius 3 is 2.74 bits per heavy atom. The number of nitrogens with two attached hydrogens (primary N) is 1. The number of carbonyl (C=O) groups is 1. The van der Waals surface area contributed by atoms with Crippen LogP contribution in [0.5, 0.6) is 0 Å². The summed E-state index contributed by atoms with van der Waals surface area (Å²) in [5.41, 5.74) is 8.44. The summed E-state index contributed by atoms with van der Waals surface area (Å²) in [6.07, 6.45) is -0.739. The van der Waals surface area contributed by atoms with E-state index in [2.05, 4.69) is 10.1 Å². The van der Waals surface area contributed by atoms with Crippen LogP contribution in [-0.2, 0) is 4.74 Å². The summed E-state index contributed by atoms with van der Waals surface area (Å²) in [5.74, 6) is -0.414. The number of ether oxygens (including phenoxy) is 1. The summed E-state index contributed by atoms with van der Waals surface area (Å²) in [6.45, 7) is 2.27. The molecule has 1 amide bonds. The number of amides is 1. The van der Waals surface area contributed by atoms with Gasteiger partial charge in [0, 0.05) is 22.8 Å². The van der Waals surface area contributed by atoms with Gasteiger partial charge in [-0.1, -0.05) is 41.9 Å². The number of halogens is 1. The normalized spacial score (nSPS) is 15.5. The minimum absolute atomic E-state index is 0.0889. The number of aromatic nitrogens is 3. The quantitative estimate of drug-likeness (QED) is 0.751. The molecular weight excluding hydrogens is 366 g/mol. The first-order chi connectivity index (χ1) is 13.1. The molecule has 1 aliphatic rings. The maximum Gasteiger partial charge on any atom is 0.288 e. The van der Waals surface area contributed by atoms with E-state index in [1.165, 1.54) is 0 Å². The molecule has 2 N–H and O–H groups in total. The highest BCUT2D eigenvalue weighted by Gasteiger charge is 2.29. The van der Waals surface area contributed by atoms with Crippen LogP contribution in [0.1, 0.15) is 40.7 Å². The minimum Gasteiger partial charge on any atom is -0.363 e. The molecule has 1 atom stereocenters. The molecule has 0 radical (unpaired) electrons. The summed E-state index contributed by atoms with van der Waals surface area (Å²) < 4.78 is 7.35. The highest BCUT2D eigenvalue weighted by molar-refractivity contribution is 6.31. The van der Waals surface area contributed by atoms with Gasteiger partial charge < -0.3 is 10.5 Å². The number of fused-ring (bicyclic) bond motifs is 3. The van der Waals surface area contributed by atoms with Crippen molar-refractivity contribution in [2.45, 2.75) is 13.2 Å². The van der Waals surface area contributed by atoms with Crippen LogP contribution in [0.25, 0.3) is 5.69 Å². The Labute approximate surface area is 160 Å². The zero-order chi connectivity index (χ0) is 19.0. The van der Waals surface area contributed by atoms with E-state index in [1.54, 1.807) is 10.7 Å². The maximum atomic E-state index is 11.6. The number of aliphatic imine (C=N–C) groups is 1. The summed E-state index contributed by atoms with van der Waals surface area (Å²) in [5, 5.41) is 4.84. The predicted octanol–water partition coefficient (Wildman–Crippen LogP) is 2.91. The van der Waals surface area contributed by atoms with Crippen molar-refractivity contribution in [3.05, 3.63) is 76.3 Å². The molecule has 8 heteroatoms. The summed E-state index contributed by atoms with van der Waals surface area (Å²) >= 11 is 6.26. The molecule has 136 valence electrons. The van der Waals surface area contributed by atoms with Gasteiger partial charge >= 0.3 is 0 Å². The van der Waals surface area contributed by atoms with Gasteiger partial charge in [0.15, 0.2) is 5.82 Å². The largest absolute Gasteiger partial charge is 0.363 e. The lowest BCUT2D eigenvalue weighted by atomic mass is 10.0. The zero-order valence-corrected chi connectivity index (χ0v) is 15.2. The number of carbonyl (C=O) groups excluding carboxylic acids is 1. The summed E-state index contributed by atoms with van der Waals surface area (Å²) in [7, 11) is 0. The Bertz CT molecular complexity index is 1050. The molecule has 2 aromatic carbocycles. The van der Waals surface area contributed by atoms with Crippen molar-refractivity contribution in [3.63, 3.8) is 0 Å². The number of nitrogens with zero attached hydrogens (tertiary/aromatic N) is 4. The van der Waals surface area contributed by atoms with E-state index in [1.807, 2.05) is 49.4 Å². The van der Waals surface area contributed by atoms with E-state index < -0.39 is 12.1 Å². The molecule has 0 saturated heterocycles. The van der Waals surface area contributed by atoms with Gasteiger partial charge in [-0.2, -0.15) is 0 Å². The van der Waals surface area contributed by atoms with Gasteiger partial charge in [-0.05, 0) is 25.1 Å². The topological polar surface area (TPSA) is 95.4 Å². The maximum absolute atomic E-state index is 11.6. The first-order valence-electron chi connectivity index (χ1n) is 8.40. The van der Waals surface area contributed by atoms with Crippen LogP contribution < -0.4 is 5.73 Å². The monoisotopic (exact) mass is 381 g/mol. The fourth-order valence-corrected chi connectivity index (χ4v) is 3.16. The van der Waals surface area contributed by atoms with E-state index in [-0.39, 0.29) is 5.82 Å². The van der Waals surface area contributed by atoms with E-state index in [9.17, 15) is 4.79 Å².